The van der Waals surface area contributed by atoms with Crippen LogP contribution < -0.4 is 15.8 Å². The monoisotopic (exact) mass is 499 g/mol. The lowest BCUT2D eigenvalue weighted by atomic mass is 10.1. The third kappa shape index (κ3) is 4.89. The Kier molecular flexibility index (Phi) is 6.47. The Balaban J connectivity index is 1.60. The number of aryl methyl sites for hydroxylation is 1. The fourth-order valence-corrected chi connectivity index (χ4v) is 5.47. The lowest BCUT2D eigenvalue weighted by Gasteiger charge is -2.30. The van der Waals surface area contributed by atoms with Crippen LogP contribution in [0.2, 0.25) is 0 Å². The Morgan fingerprint density at radius 3 is 2.69 bits per heavy atom. The molecule has 1 atom stereocenters. The van der Waals surface area contributed by atoms with E-state index in [0.717, 1.165) is 19.4 Å². The quantitative estimate of drug-likeness (QED) is 0.542. The normalized spacial score (nSPS) is 18.8. The summed E-state index contributed by atoms with van der Waals surface area (Å²) in [5, 5.41) is 3.68. The Hall–Kier alpha value is -3.02. The Morgan fingerprint density at radius 2 is 1.97 bits per heavy atom. The molecule has 2 aromatic heterocycles. The van der Waals surface area contributed by atoms with Crippen LogP contribution >= 0.6 is 0 Å². The molecule has 0 saturated carbocycles. The number of hydrogen-bond donors (Lipinski definition) is 1. The summed E-state index contributed by atoms with van der Waals surface area (Å²) in [6.07, 6.45) is 4.70. The van der Waals surface area contributed by atoms with Crippen molar-refractivity contribution >= 4 is 32.2 Å². The maximum absolute atomic E-state index is 12.9. The van der Waals surface area contributed by atoms with Crippen molar-refractivity contribution in [1.82, 2.24) is 14.5 Å². The van der Waals surface area contributed by atoms with Gasteiger partial charge in [-0.3, -0.25) is 4.79 Å². The van der Waals surface area contributed by atoms with E-state index in [1.54, 1.807) is 19.2 Å². The van der Waals surface area contributed by atoms with Crippen LogP contribution in [0.4, 0.5) is 11.5 Å². The summed E-state index contributed by atoms with van der Waals surface area (Å²) in [5.74, 6) is 0.417. The molecule has 186 valence electrons. The van der Waals surface area contributed by atoms with Crippen molar-refractivity contribution in [2.24, 2.45) is 7.05 Å². The fourth-order valence-electron chi connectivity index (χ4n) is 4.55. The molecule has 4 heterocycles. The summed E-state index contributed by atoms with van der Waals surface area (Å²) in [6.45, 7) is 3.61. The molecule has 2 fully saturated rings. The summed E-state index contributed by atoms with van der Waals surface area (Å²) >= 11 is 0. The Morgan fingerprint density at radius 1 is 1.17 bits per heavy atom. The maximum Gasteiger partial charge on any atom is 0.264 e. The van der Waals surface area contributed by atoms with Gasteiger partial charge in [-0.1, -0.05) is 6.07 Å². The van der Waals surface area contributed by atoms with E-state index in [0.29, 0.717) is 66.5 Å². The van der Waals surface area contributed by atoms with Gasteiger partial charge >= 0.3 is 0 Å². The van der Waals surface area contributed by atoms with Crippen molar-refractivity contribution in [3.8, 4) is 11.3 Å². The SMILES string of the molecule is Cn1cnc2cc(-c3ccc(N4CCOCC4)c(S(C)(=O)=O)c3)nc(NC[C@@H]3CCCO3)c2c1=O. The zero-order valence-electron chi connectivity index (χ0n) is 19.9. The third-order valence-electron chi connectivity index (χ3n) is 6.43. The van der Waals surface area contributed by atoms with Crippen LogP contribution in [0, 0.1) is 0 Å². The molecule has 10 nitrogen and oxygen atoms in total. The lowest BCUT2D eigenvalue weighted by molar-refractivity contribution is 0.120. The third-order valence-corrected chi connectivity index (χ3v) is 7.56. The first-order chi connectivity index (χ1) is 16.8. The first kappa shape index (κ1) is 23.7. The van der Waals surface area contributed by atoms with Crippen LogP contribution in [0.25, 0.3) is 22.2 Å². The minimum absolute atomic E-state index is 0.0562. The number of fused-ring (bicyclic) bond motifs is 1. The fraction of sp³-hybridized carbons (Fsp3) is 0.458. The highest BCUT2D eigenvalue weighted by molar-refractivity contribution is 7.90. The van der Waals surface area contributed by atoms with Gasteiger partial charge in [0.25, 0.3) is 5.56 Å². The number of nitrogens with one attached hydrogen (secondary N) is 1. The second-order valence-electron chi connectivity index (χ2n) is 8.98. The summed E-state index contributed by atoms with van der Waals surface area (Å²) < 4.78 is 38.0. The highest BCUT2D eigenvalue weighted by Crippen LogP contribution is 2.32. The van der Waals surface area contributed by atoms with E-state index < -0.39 is 9.84 Å². The van der Waals surface area contributed by atoms with Gasteiger partial charge in [0.05, 0.1) is 47.4 Å². The number of morpholine rings is 1. The number of pyridine rings is 1. The Bertz CT molecular complexity index is 1410. The van der Waals surface area contributed by atoms with Crippen molar-refractivity contribution in [2.75, 3.05) is 55.9 Å². The van der Waals surface area contributed by atoms with E-state index in [9.17, 15) is 13.2 Å². The van der Waals surface area contributed by atoms with Gasteiger partial charge in [0.2, 0.25) is 0 Å². The highest BCUT2D eigenvalue weighted by atomic mass is 32.2. The minimum atomic E-state index is -3.51. The van der Waals surface area contributed by atoms with Gasteiger partial charge in [-0.15, -0.1) is 0 Å². The highest BCUT2D eigenvalue weighted by Gasteiger charge is 2.23. The van der Waals surface area contributed by atoms with Crippen LogP contribution in [0.5, 0.6) is 0 Å². The molecule has 1 N–H and O–H groups in total. The molecule has 5 rings (SSSR count). The Labute approximate surface area is 203 Å². The molecule has 0 spiro atoms. The number of aromatic nitrogens is 3. The first-order valence-corrected chi connectivity index (χ1v) is 13.6. The van der Waals surface area contributed by atoms with E-state index >= 15 is 0 Å². The van der Waals surface area contributed by atoms with Crippen LogP contribution in [-0.2, 0) is 26.4 Å². The molecule has 1 aromatic carbocycles. The van der Waals surface area contributed by atoms with Crippen molar-refractivity contribution < 1.29 is 17.9 Å². The van der Waals surface area contributed by atoms with Gasteiger partial charge in [0, 0.05) is 45.1 Å². The summed E-state index contributed by atoms with van der Waals surface area (Å²) in [4.78, 5) is 24.4. The van der Waals surface area contributed by atoms with Crippen LogP contribution in [0.3, 0.4) is 0 Å². The zero-order chi connectivity index (χ0) is 24.6. The second-order valence-corrected chi connectivity index (χ2v) is 11.0. The number of rotatable bonds is 6. The molecule has 0 amide bonds. The molecule has 3 aromatic rings. The van der Waals surface area contributed by atoms with Crippen molar-refractivity contribution in [3.05, 3.63) is 40.9 Å². The van der Waals surface area contributed by atoms with E-state index in [-0.39, 0.29) is 16.6 Å². The smallest absolute Gasteiger partial charge is 0.264 e. The molecule has 0 unspecified atom stereocenters. The van der Waals surface area contributed by atoms with Gasteiger partial charge < -0.3 is 24.3 Å². The van der Waals surface area contributed by atoms with Gasteiger partial charge in [-0.2, -0.15) is 0 Å². The molecule has 2 aliphatic rings. The number of sulfone groups is 1. The topological polar surface area (TPSA) is 116 Å². The maximum atomic E-state index is 12.9. The molecule has 0 bridgehead atoms. The van der Waals surface area contributed by atoms with Crippen molar-refractivity contribution in [2.45, 2.75) is 23.8 Å². The average Bonchev–Trinajstić information content (AvgIpc) is 3.38. The molecule has 2 saturated heterocycles. The van der Waals surface area contributed by atoms with E-state index in [1.807, 2.05) is 17.0 Å². The van der Waals surface area contributed by atoms with Crippen molar-refractivity contribution in [1.29, 1.82) is 0 Å². The predicted octanol–water partition coefficient (Wildman–Crippen LogP) is 1.83. The molecule has 35 heavy (non-hydrogen) atoms. The molecule has 2 aliphatic heterocycles. The van der Waals surface area contributed by atoms with E-state index in [1.165, 1.54) is 17.2 Å². The average molecular weight is 500 g/mol. The molecular weight excluding hydrogens is 470 g/mol. The second kappa shape index (κ2) is 9.56. The van der Waals surface area contributed by atoms with Gasteiger partial charge in [0.1, 0.15) is 11.2 Å². The largest absolute Gasteiger partial charge is 0.378 e. The molecular formula is C24H29N5O5S. The first-order valence-electron chi connectivity index (χ1n) is 11.7. The number of nitrogens with zero attached hydrogens (tertiary/aromatic N) is 4. The molecule has 0 aliphatic carbocycles. The van der Waals surface area contributed by atoms with Crippen LogP contribution in [0.1, 0.15) is 12.8 Å². The number of benzene rings is 1. The lowest BCUT2D eigenvalue weighted by Crippen LogP contribution is -2.37. The zero-order valence-corrected chi connectivity index (χ0v) is 20.7. The molecule has 11 heteroatoms. The van der Waals surface area contributed by atoms with Gasteiger partial charge in [-0.25, -0.2) is 18.4 Å². The minimum Gasteiger partial charge on any atom is -0.378 e. The molecule has 0 radical (unpaired) electrons. The standard InChI is InChI=1S/C24H29N5O5S/c1-28-15-26-19-13-18(27-23(22(19)24(28)30)25-14-17-4-3-9-34-17)16-5-6-20(21(12-16)35(2,31)32)29-7-10-33-11-8-29/h5-6,12-13,15,17H,3-4,7-11,14H2,1-2H3,(H,25,27)/t17-/m0/s1. The van der Waals surface area contributed by atoms with Crippen LogP contribution in [0.15, 0.2) is 40.3 Å². The van der Waals surface area contributed by atoms with Gasteiger partial charge in [-0.05, 0) is 31.0 Å². The number of anilines is 2. The predicted molar refractivity (Wildman–Crippen MR) is 134 cm³/mol. The number of ether oxygens (including phenoxy) is 2. The van der Waals surface area contributed by atoms with Crippen molar-refractivity contribution in [3.63, 3.8) is 0 Å². The summed E-state index contributed by atoms with van der Waals surface area (Å²) in [5.41, 5.74) is 2.11. The van der Waals surface area contributed by atoms with Gasteiger partial charge in [0.15, 0.2) is 9.84 Å². The number of hydrogen-bond acceptors (Lipinski definition) is 9. The van der Waals surface area contributed by atoms with Crippen LogP contribution in [-0.4, -0.2) is 74.8 Å². The summed E-state index contributed by atoms with van der Waals surface area (Å²) in [6, 6.07) is 7.06. The van der Waals surface area contributed by atoms with E-state index in [4.69, 9.17) is 14.5 Å². The summed E-state index contributed by atoms with van der Waals surface area (Å²) in [7, 11) is -1.86. The van der Waals surface area contributed by atoms with E-state index in [2.05, 4.69) is 10.3 Å².